The summed E-state index contributed by atoms with van der Waals surface area (Å²) in [6.07, 6.45) is 2.65. The lowest BCUT2D eigenvalue weighted by Gasteiger charge is -2.25. The maximum atomic E-state index is 13.0. The molecule has 0 spiro atoms. The van der Waals surface area contributed by atoms with Gasteiger partial charge in [0.25, 0.3) is 11.7 Å². The highest BCUT2D eigenvalue weighted by atomic mass is 16.5. The average Bonchev–Trinajstić information content (AvgIpc) is 2.98. The van der Waals surface area contributed by atoms with Crippen LogP contribution in [0, 0.1) is 6.92 Å². The number of ketones is 1. The van der Waals surface area contributed by atoms with Crippen molar-refractivity contribution in [3.05, 3.63) is 64.7 Å². The first kappa shape index (κ1) is 21.4. The Balaban J connectivity index is 2.15. The number of Topliss-reactive ketones (excluding diaryl/α,β-unsaturated/α-hetero) is 1. The molecule has 1 aliphatic rings. The fourth-order valence-electron chi connectivity index (χ4n) is 3.86. The molecule has 1 saturated heterocycles. The predicted octanol–water partition coefficient (Wildman–Crippen LogP) is 4.32. The van der Waals surface area contributed by atoms with Crippen LogP contribution in [0.15, 0.2) is 48.0 Å². The fraction of sp³-hybridized carbons (Fsp3) is 0.333. The first-order valence-electron chi connectivity index (χ1n) is 10.1. The van der Waals surface area contributed by atoms with Gasteiger partial charge in [0, 0.05) is 12.1 Å². The van der Waals surface area contributed by atoms with E-state index < -0.39 is 17.7 Å². The number of carbonyl (C=O) groups excluding carboxylic acids is 2. The first-order chi connectivity index (χ1) is 14.4. The summed E-state index contributed by atoms with van der Waals surface area (Å²) >= 11 is 0. The molecule has 6 heteroatoms. The highest BCUT2D eigenvalue weighted by molar-refractivity contribution is 6.46. The molecule has 3 rings (SSSR count). The number of benzene rings is 2. The van der Waals surface area contributed by atoms with Gasteiger partial charge in [0.15, 0.2) is 0 Å². The summed E-state index contributed by atoms with van der Waals surface area (Å²) < 4.78 is 5.21. The number of hydrogen-bond donors (Lipinski definition) is 2. The maximum absolute atomic E-state index is 13.0. The second-order valence-electron chi connectivity index (χ2n) is 7.48. The summed E-state index contributed by atoms with van der Waals surface area (Å²) in [5, 5.41) is 21.1. The minimum atomic E-state index is -0.754. The Bertz CT molecular complexity index is 995. The van der Waals surface area contributed by atoms with Crippen molar-refractivity contribution < 1.29 is 24.5 Å². The van der Waals surface area contributed by atoms with Gasteiger partial charge in [-0.05, 0) is 54.8 Å². The molecule has 2 aromatic rings. The summed E-state index contributed by atoms with van der Waals surface area (Å²) in [6, 6.07) is 10.8. The van der Waals surface area contributed by atoms with Crippen LogP contribution in [0.25, 0.3) is 5.76 Å². The molecule has 6 nitrogen and oxygen atoms in total. The number of aryl methyl sites for hydroxylation is 1. The molecule has 1 fully saturated rings. The van der Waals surface area contributed by atoms with E-state index in [0.29, 0.717) is 23.4 Å². The van der Waals surface area contributed by atoms with Crippen molar-refractivity contribution in [2.75, 3.05) is 13.7 Å². The molecular formula is C24H27NO5. The summed E-state index contributed by atoms with van der Waals surface area (Å²) in [5.41, 5.74) is 1.81. The second kappa shape index (κ2) is 9.03. The van der Waals surface area contributed by atoms with Gasteiger partial charge in [0.05, 0.1) is 18.7 Å². The molecule has 2 N–H and O–H groups in total. The minimum absolute atomic E-state index is 0.0345. The normalized spacial score (nSPS) is 18.1. The lowest BCUT2D eigenvalue weighted by atomic mass is 9.93. The van der Waals surface area contributed by atoms with E-state index >= 15 is 0 Å². The highest BCUT2D eigenvalue weighted by Gasteiger charge is 2.45. The molecule has 1 unspecified atom stereocenters. The van der Waals surface area contributed by atoms with Crippen LogP contribution >= 0.6 is 0 Å². The van der Waals surface area contributed by atoms with Crippen LogP contribution in [0.2, 0.25) is 0 Å². The van der Waals surface area contributed by atoms with Gasteiger partial charge in [-0.1, -0.05) is 31.9 Å². The van der Waals surface area contributed by atoms with Gasteiger partial charge < -0.3 is 19.8 Å². The van der Waals surface area contributed by atoms with Crippen LogP contribution in [-0.2, 0) is 9.59 Å². The summed E-state index contributed by atoms with van der Waals surface area (Å²) in [6.45, 7) is 4.27. The molecule has 0 saturated carbocycles. The van der Waals surface area contributed by atoms with Gasteiger partial charge in [0.2, 0.25) is 0 Å². The van der Waals surface area contributed by atoms with Crippen molar-refractivity contribution in [2.24, 2.45) is 0 Å². The molecule has 1 amide bonds. The third-order valence-corrected chi connectivity index (χ3v) is 5.42. The van der Waals surface area contributed by atoms with Gasteiger partial charge in [-0.15, -0.1) is 0 Å². The number of aromatic hydroxyl groups is 1. The van der Waals surface area contributed by atoms with Crippen LogP contribution in [0.5, 0.6) is 11.5 Å². The zero-order valence-corrected chi connectivity index (χ0v) is 17.5. The quantitative estimate of drug-likeness (QED) is 0.308. The van der Waals surface area contributed by atoms with E-state index in [1.54, 1.807) is 44.4 Å². The standard InChI is InChI=1S/C24H27NO5/c1-4-5-6-12-25-21(16-8-7-9-17(26)14-16)20(23(28)24(25)29)22(27)19-11-10-18(30-3)13-15(19)2/h7-11,13-14,21,26-27H,4-6,12H2,1-3H3/b22-20-. The molecule has 0 aliphatic carbocycles. The van der Waals surface area contributed by atoms with Crippen molar-refractivity contribution in [1.29, 1.82) is 0 Å². The summed E-state index contributed by atoms with van der Waals surface area (Å²) in [4.78, 5) is 27.3. The van der Waals surface area contributed by atoms with Gasteiger partial charge in [-0.3, -0.25) is 9.59 Å². The third kappa shape index (κ3) is 4.03. The number of phenols is 1. The number of ether oxygens (including phenoxy) is 1. The van der Waals surface area contributed by atoms with Crippen molar-refractivity contribution in [3.8, 4) is 11.5 Å². The molecule has 1 aliphatic heterocycles. The zero-order chi connectivity index (χ0) is 21.8. The van der Waals surface area contributed by atoms with Gasteiger partial charge in [-0.25, -0.2) is 0 Å². The monoisotopic (exact) mass is 409 g/mol. The number of unbranched alkanes of at least 4 members (excludes halogenated alkanes) is 2. The Labute approximate surface area is 176 Å². The number of rotatable bonds is 7. The van der Waals surface area contributed by atoms with Crippen LogP contribution < -0.4 is 4.74 Å². The van der Waals surface area contributed by atoms with E-state index in [9.17, 15) is 19.8 Å². The van der Waals surface area contributed by atoms with Gasteiger partial charge in [-0.2, -0.15) is 0 Å². The Kier molecular flexibility index (Phi) is 6.45. The summed E-state index contributed by atoms with van der Waals surface area (Å²) in [7, 11) is 1.55. The maximum Gasteiger partial charge on any atom is 0.295 e. The average molecular weight is 409 g/mol. The molecule has 2 aromatic carbocycles. The molecule has 1 heterocycles. The zero-order valence-electron chi connectivity index (χ0n) is 17.5. The third-order valence-electron chi connectivity index (χ3n) is 5.42. The van der Waals surface area contributed by atoms with Crippen LogP contribution in [0.4, 0.5) is 0 Å². The summed E-state index contributed by atoms with van der Waals surface area (Å²) in [5.74, 6) is -0.902. The number of amides is 1. The van der Waals surface area contributed by atoms with E-state index in [1.165, 1.54) is 17.0 Å². The largest absolute Gasteiger partial charge is 0.508 e. The van der Waals surface area contributed by atoms with Crippen molar-refractivity contribution >= 4 is 17.4 Å². The van der Waals surface area contributed by atoms with E-state index in [0.717, 1.165) is 24.8 Å². The van der Waals surface area contributed by atoms with Crippen LogP contribution in [0.1, 0.15) is 48.9 Å². The lowest BCUT2D eigenvalue weighted by Crippen LogP contribution is -2.30. The van der Waals surface area contributed by atoms with Crippen molar-refractivity contribution in [1.82, 2.24) is 4.90 Å². The van der Waals surface area contributed by atoms with E-state index in [-0.39, 0.29) is 17.1 Å². The van der Waals surface area contributed by atoms with Crippen LogP contribution in [0.3, 0.4) is 0 Å². The smallest absolute Gasteiger partial charge is 0.295 e. The first-order valence-corrected chi connectivity index (χ1v) is 10.1. The van der Waals surface area contributed by atoms with E-state index in [4.69, 9.17) is 4.74 Å². The topological polar surface area (TPSA) is 87.1 Å². The van der Waals surface area contributed by atoms with Crippen LogP contribution in [-0.4, -0.2) is 40.5 Å². The number of carbonyl (C=O) groups is 2. The number of likely N-dealkylation sites (tertiary alicyclic amines) is 1. The Morgan fingerprint density at radius 2 is 1.90 bits per heavy atom. The Morgan fingerprint density at radius 1 is 1.13 bits per heavy atom. The SMILES string of the molecule is CCCCCN1C(=O)C(=O)/C(=C(\O)c2ccc(OC)cc2C)C1c1cccc(O)c1. The molecular weight excluding hydrogens is 382 g/mol. The molecule has 30 heavy (non-hydrogen) atoms. The minimum Gasteiger partial charge on any atom is -0.508 e. The lowest BCUT2D eigenvalue weighted by molar-refractivity contribution is -0.139. The number of methoxy groups -OCH3 is 1. The second-order valence-corrected chi connectivity index (χ2v) is 7.48. The van der Waals surface area contributed by atoms with Crippen molar-refractivity contribution in [3.63, 3.8) is 0 Å². The number of aliphatic hydroxyl groups excluding tert-OH is 1. The molecule has 0 aromatic heterocycles. The molecule has 1 atom stereocenters. The molecule has 0 radical (unpaired) electrons. The molecule has 0 bridgehead atoms. The number of nitrogens with zero attached hydrogens (tertiary/aromatic N) is 1. The fourth-order valence-corrected chi connectivity index (χ4v) is 3.86. The van der Waals surface area contributed by atoms with Gasteiger partial charge in [0.1, 0.15) is 17.3 Å². The molecule has 158 valence electrons. The predicted molar refractivity (Wildman–Crippen MR) is 114 cm³/mol. The number of phenolic OH excluding ortho intramolecular Hbond substituents is 1. The Hall–Kier alpha value is -3.28. The van der Waals surface area contributed by atoms with Gasteiger partial charge >= 0.3 is 0 Å². The highest BCUT2D eigenvalue weighted by Crippen LogP contribution is 2.41. The Morgan fingerprint density at radius 3 is 2.53 bits per heavy atom. The number of hydrogen-bond acceptors (Lipinski definition) is 5. The van der Waals surface area contributed by atoms with E-state index in [2.05, 4.69) is 6.92 Å². The van der Waals surface area contributed by atoms with Crippen molar-refractivity contribution in [2.45, 2.75) is 39.2 Å². The number of aliphatic hydroxyl groups is 1. The van der Waals surface area contributed by atoms with E-state index in [1.807, 2.05) is 0 Å².